The Kier molecular flexibility index (Phi) is 16.9. The van der Waals surface area contributed by atoms with Crippen LogP contribution in [0.5, 0.6) is 0 Å². The minimum absolute atomic E-state index is 0. The van der Waals surface area contributed by atoms with Crippen molar-refractivity contribution in [2.45, 2.75) is 77.1 Å². The Balaban J connectivity index is 0. The Morgan fingerprint density at radius 1 is 0.667 bits per heavy atom. The van der Waals surface area contributed by atoms with E-state index >= 15 is 0 Å². The predicted octanol–water partition coefficient (Wildman–Crippen LogP) is 1.58. The van der Waals surface area contributed by atoms with E-state index in [0.29, 0.717) is 0 Å². The normalized spacial score (nSPS) is 12.2. The first-order valence-electron chi connectivity index (χ1n) is 9.42. The van der Waals surface area contributed by atoms with Crippen LogP contribution in [-0.4, -0.2) is 59.0 Å². The van der Waals surface area contributed by atoms with Gasteiger partial charge >= 0.3 is 0 Å². The van der Waals surface area contributed by atoms with Crippen molar-refractivity contribution in [1.29, 1.82) is 0 Å². The van der Waals surface area contributed by atoms with Crippen molar-refractivity contribution in [3.8, 4) is 0 Å². The Hall–Kier alpha value is 0.130. The van der Waals surface area contributed by atoms with Gasteiger partial charge in [-0.2, -0.15) is 0 Å². The van der Waals surface area contributed by atoms with E-state index in [1.165, 1.54) is 68.9 Å². The zero-order chi connectivity index (χ0) is 17.6. The summed E-state index contributed by atoms with van der Waals surface area (Å²) in [5, 5.41) is 0. The van der Waals surface area contributed by atoms with Crippen LogP contribution in [0.15, 0.2) is 0 Å². The lowest BCUT2D eigenvalue weighted by Gasteiger charge is -2.29. The van der Waals surface area contributed by atoms with Crippen LogP contribution in [0.25, 0.3) is 0 Å². The highest BCUT2D eigenvalue weighted by molar-refractivity contribution is 4.56. The van der Waals surface area contributed by atoms with Crippen molar-refractivity contribution in [3.63, 3.8) is 0 Å². The van der Waals surface area contributed by atoms with Gasteiger partial charge in [0, 0.05) is 27.8 Å². The van der Waals surface area contributed by atoms with Crippen molar-refractivity contribution in [1.82, 2.24) is 0 Å². The molecule has 0 aliphatic carbocycles. The fraction of sp³-hybridized carbons (Fsp3) is 1.00. The molecule has 0 heterocycles. The first kappa shape index (κ1) is 26.4. The average molecular weight is 368 g/mol. The van der Waals surface area contributed by atoms with E-state index in [9.17, 15) is 0 Å². The molecule has 0 saturated heterocycles. The van der Waals surface area contributed by atoms with E-state index in [1.54, 1.807) is 21.3 Å². The van der Waals surface area contributed by atoms with Gasteiger partial charge in [-0.25, -0.2) is 0 Å². The fourth-order valence-corrected chi connectivity index (χ4v) is 3.02. The Morgan fingerprint density at radius 3 is 1.54 bits per heavy atom. The van der Waals surface area contributed by atoms with Gasteiger partial charge in [-0.3, -0.25) is 0 Å². The molecule has 0 rings (SSSR count). The number of hydrogen-bond acceptors (Lipinski definition) is 3. The number of methoxy groups -OCH3 is 3. The average Bonchev–Trinajstić information content (AvgIpc) is 2.55. The van der Waals surface area contributed by atoms with Crippen LogP contribution in [0, 0.1) is 0 Å². The maximum atomic E-state index is 5.31. The summed E-state index contributed by atoms with van der Waals surface area (Å²) in [6, 6.07) is 0. The first-order valence-corrected chi connectivity index (χ1v) is 9.42. The molecule has 148 valence electrons. The molecule has 0 aromatic carbocycles. The number of hydrogen-bond donors (Lipinski definition) is 0. The van der Waals surface area contributed by atoms with Crippen molar-refractivity contribution in [3.05, 3.63) is 0 Å². The van der Waals surface area contributed by atoms with Gasteiger partial charge in [0.2, 0.25) is 0 Å². The number of ether oxygens (including phenoxy) is 3. The SMILES string of the molecule is CCCC[N+](C)(C)CCCCCCCCCC(OC)(OC)OC.[Cl-]. The predicted molar refractivity (Wildman–Crippen MR) is 97.4 cm³/mol. The molecule has 0 spiro atoms. The molecule has 0 aromatic rings. The van der Waals surface area contributed by atoms with Gasteiger partial charge in [-0.15, -0.1) is 0 Å². The highest BCUT2D eigenvalue weighted by Crippen LogP contribution is 2.21. The summed E-state index contributed by atoms with van der Waals surface area (Å²) < 4.78 is 17.1. The van der Waals surface area contributed by atoms with Gasteiger partial charge in [0.15, 0.2) is 0 Å². The number of halogens is 1. The van der Waals surface area contributed by atoms with Crippen molar-refractivity contribution in [2.75, 3.05) is 48.5 Å². The van der Waals surface area contributed by atoms with Gasteiger partial charge in [-0.05, 0) is 25.7 Å². The van der Waals surface area contributed by atoms with Crippen molar-refractivity contribution in [2.24, 2.45) is 0 Å². The number of nitrogens with zero attached hydrogens (tertiary/aromatic N) is 1. The van der Waals surface area contributed by atoms with E-state index in [1.807, 2.05) is 0 Å². The molecular weight excluding hydrogens is 326 g/mol. The summed E-state index contributed by atoms with van der Waals surface area (Å²) in [6.07, 6.45) is 12.5. The van der Waals surface area contributed by atoms with E-state index in [-0.39, 0.29) is 12.4 Å². The molecule has 0 aliphatic heterocycles. The lowest BCUT2D eigenvalue weighted by Crippen LogP contribution is -3.00. The third-order valence-corrected chi connectivity index (χ3v) is 4.80. The van der Waals surface area contributed by atoms with Crippen molar-refractivity contribution >= 4 is 0 Å². The Bertz CT molecular complexity index is 263. The molecule has 5 heteroatoms. The summed E-state index contributed by atoms with van der Waals surface area (Å²) >= 11 is 0. The van der Waals surface area contributed by atoms with E-state index in [2.05, 4.69) is 21.0 Å². The third kappa shape index (κ3) is 12.5. The number of unbranched alkanes of at least 4 members (excludes halogenated alkanes) is 7. The first-order chi connectivity index (χ1) is 10.9. The Morgan fingerprint density at radius 2 is 1.08 bits per heavy atom. The highest BCUT2D eigenvalue weighted by Gasteiger charge is 2.28. The zero-order valence-electron chi connectivity index (χ0n) is 17.0. The van der Waals surface area contributed by atoms with Crippen LogP contribution in [-0.2, 0) is 14.2 Å². The molecule has 0 radical (unpaired) electrons. The molecule has 0 N–H and O–H groups in total. The van der Waals surface area contributed by atoms with Crippen LogP contribution in [0.1, 0.15) is 71.1 Å². The lowest BCUT2D eigenvalue weighted by molar-refractivity contribution is -0.890. The standard InChI is InChI=1S/C19H42NO3.ClH/c1-7-8-17-20(2,3)18-15-13-11-9-10-12-14-16-19(21-4,22-5)23-6;/h7-18H2,1-6H3;1H/q+1;/p-1. The smallest absolute Gasteiger partial charge is 0.282 e. The summed E-state index contributed by atoms with van der Waals surface area (Å²) in [5.41, 5.74) is 0. The number of rotatable bonds is 16. The largest absolute Gasteiger partial charge is 1.00 e. The maximum absolute atomic E-state index is 5.31. The molecule has 0 aromatic heterocycles. The molecule has 4 nitrogen and oxygen atoms in total. The van der Waals surface area contributed by atoms with Gasteiger partial charge in [0.05, 0.1) is 27.2 Å². The minimum Gasteiger partial charge on any atom is -1.00 e. The minimum atomic E-state index is -0.845. The molecule has 0 fully saturated rings. The summed E-state index contributed by atoms with van der Waals surface area (Å²) in [5.74, 6) is -0.845. The zero-order valence-corrected chi connectivity index (χ0v) is 17.8. The van der Waals surface area contributed by atoms with Crippen LogP contribution in [0.3, 0.4) is 0 Å². The van der Waals surface area contributed by atoms with E-state index in [0.717, 1.165) is 12.8 Å². The van der Waals surface area contributed by atoms with Gasteiger partial charge < -0.3 is 31.1 Å². The highest BCUT2D eigenvalue weighted by atomic mass is 35.5. The summed E-state index contributed by atoms with van der Waals surface area (Å²) in [6.45, 7) is 4.91. The van der Waals surface area contributed by atoms with Gasteiger partial charge in [0.1, 0.15) is 0 Å². The topological polar surface area (TPSA) is 27.7 Å². The third-order valence-electron chi connectivity index (χ3n) is 4.80. The second-order valence-electron chi connectivity index (χ2n) is 7.26. The van der Waals surface area contributed by atoms with E-state index < -0.39 is 5.97 Å². The second-order valence-corrected chi connectivity index (χ2v) is 7.26. The molecule has 0 aliphatic rings. The van der Waals surface area contributed by atoms with Gasteiger partial charge in [0.25, 0.3) is 5.97 Å². The van der Waals surface area contributed by atoms with Crippen LogP contribution < -0.4 is 12.4 Å². The lowest BCUT2D eigenvalue weighted by atomic mass is 10.1. The van der Waals surface area contributed by atoms with Crippen molar-refractivity contribution < 1.29 is 31.1 Å². The van der Waals surface area contributed by atoms with E-state index in [4.69, 9.17) is 14.2 Å². The second kappa shape index (κ2) is 15.4. The summed E-state index contributed by atoms with van der Waals surface area (Å²) in [7, 11) is 9.63. The molecular formula is C19H42ClNO3. The van der Waals surface area contributed by atoms with Crippen LogP contribution in [0.2, 0.25) is 0 Å². The molecule has 0 unspecified atom stereocenters. The van der Waals surface area contributed by atoms with Crippen LogP contribution >= 0.6 is 0 Å². The quantitative estimate of drug-likeness (QED) is 0.235. The summed E-state index contributed by atoms with van der Waals surface area (Å²) in [4.78, 5) is 0. The number of quaternary nitrogens is 1. The monoisotopic (exact) mass is 367 g/mol. The molecule has 0 atom stereocenters. The maximum Gasteiger partial charge on any atom is 0.282 e. The molecule has 0 amide bonds. The molecule has 24 heavy (non-hydrogen) atoms. The fourth-order valence-electron chi connectivity index (χ4n) is 3.02. The molecule has 0 saturated carbocycles. The Labute approximate surface area is 157 Å². The molecule has 0 bridgehead atoms. The van der Waals surface area contributed by atoms with Crippen LogP contribution in [0.4, 0.5) is 0 Å². The van der Waals surface area contributed by atoms with Gasteiger partial charge in [-0.1, -0.05) is 39.0 Å².